The molecule has 2 N–H and O–H groups in total. The van der Waals surface area contributed by atoms with Crippen molar-refractivity contribution in [3.8, 4) is 0 Å². The second kappa shape index (κ2) is 5.79. The highest BCUT2D eigenvalue weighted by Crippen LogP contribution is 2.30. The Labute approximate surface area is 124 Å². The predicted octanol–water partition coefficient (Wildman–Crippen LogP) is 1.51. The molecule has 0 radical (unpaired) electrons. The maximum absolute atomic E-state index is 12.9. The SMILES string of the molecule is Cc1noc(C)c1S(=O)(=O)N(CC(N)=S)C1CCCC1. The van der Waals surface area contributed by atoms with Crippen LogP contribution in [-0.2, 0) is 10.0 Å². The minimum atomic E-state index is -3.69. The van der Waals surface area contributed by atoms with E-state index in [2.05, 4.69) is 5.16 Å². The van der Waals surface area contributed by atoms with E-state index in [-0.39, 0.29) is 22.5 Å². The molecule has 0 aliphatic heterocycles. The van der Waals surface area contributed by atoms with E-state index in [1.807, 2.05) is 0 Å². The van der Waals surface area contributed by atoms with Crippen LogP contribution in [0.3, 0.4) is 0 Å². The predicted molar refractivity (Wildman–Crippen MR) is 78.9 cm³/mol. The van der Waals surface area contributed by atoms with Crippen LogP contribution in [0, 0.1) is 13.8 Å². The smallest absolute Gasteiger partial charge is 0.249 e. The number of nitrogens with zero attached hydrogens (tertiary/aromatic N) is 2. The minimum Gasteiger partial charge on any atom is -0.392 e. The lowest BCUT2D eigenvalue weighted by Gasteiger charge is -2.27. The van der Waals surface area contributed by atoms with E-state index in [9.17, 15) is 8.42 Å². The highest BCUT2D eigenvalue weighted by Gasteiger charge is 2.37. The first kappa shape index (κ1) is 15.4. The molecule has 0 atom stereocenters. The first-order valence-electron chi connectivity index (χ1n) is 6.57. The Kier molecular flexibility index (Phi) is 4.46. The van der Waals surface area contributed by atoms with Crippen LogP contribution < -0.4 is 5.73 Å². The number of sulfonamides is 1. The molecule has 1 aromatic rings. The van der Waals surface area contributed by atoms with Crippen molar-refractivity contribution in [1.29, 1.82) is 0 Å². The van der Waals surface area contributed by atoms with Gasteiger partial charge in [0.2, 0.25) is 10.0 Å². The molecule has 1 aromatic heterocycles. The average molecular weight is 317 g/mol. The van der Waals surface area contributed by atoms with Crippen molar-refractivity contribution in [2.75, 3.05) is 6.54 Å². The van der Waals surface area contributed by atoms with Gasteiger partial charge in [-0.3, -0.25) is 0 Å². The van der Waals surface area contributed by atoms with Gasteiger partial charge in [0.05, 0.1) is 11.5 Å². The van der Waals surface area contributed by atoms with Crippen molar-refractivity contribution in [3.63, 3.8) is 0 Å². The van der Waals surface area contributed by atoms with E-state index < -0.39 is 10.0 Å². The monoisotopic (exact) mass is 317 g/mol. The minimum absolute atomic E-state index is 0.0461. The molecular weight excluding hydrogens is 298 g/mol. The summed E-state index contributed by atoms with van der Waals surface area (Å²) >= 11 is 4.90. The largest absolute Gasteiger partial charge is 0.392 e. The molecule has 1 saturated carbocycles. The molecule has 0 spiro atoms. The zero-order valence-corrected chi connectivity index (χ0v) is 13.3. The van der Waals surface area contributed by atoms with Gasteiger partial charge in [-0.2, -0.15) is 4.31 Å². The summed E-state index contributed by atoms with van der Waals surface area (Å²) in [6.45, 7) is 3.28. The number of thiocarbonyl (C=S) groups is 1. The van der Waals surface area contributed by atoms with Gasteiger partial charge in [0.25, 0.3) is 0 Å². The second-order valence-electron chi connectivity index (χ2n) is 5.11. The molecule has 6 nitrogen and oxygen atoms in total. The van der Waals surface area contributed by atoms with E-state index in [4.69, 9.17) is 22.5 Å². The summed E-state index contributed by atoms with van der Waals surface area (Å²) in [4.78, 5) is 0.313. The summed E-state index contributed by atoms with van der Waals surface area (Å²) in [5.41, 5.74) is 5.94. The number of aromatic nitrogens is 1. The van der Waals surface area contributed by atoms with Crippen LogP contribution in [0.2, 0.25) is 0 Å². The van der Waals surface area contributed by atoms with Crippen molar-refractivity contribution < 1.29 is 12.9 Å². The summed E-state index contributed by atoms with van der Waals surface area (Å²) in [5, 5.41) is 3.73. The third kappa shape index (κ3) is 2.87. The van der Waals surface area contributed by atoms with Crippen LogP contribution in [0.1, 0.15) is 37.1 Å². The van der Waals surface area contributed by atoms with Crippen LogP contribution in [-0.4, -0.2) is 35.5 Å². The number of rotatable bonds is 5. The Morgan fingerprint density at radius 2 is 2.05 bits per heavy atom. The normalized spacial score (nSPS) is 16.9. The standard InChI is InChI=1S/C12H19N3O3S2/c1-8-12(9(2)18-14-8)20(16,17)15(7-11(13)19)10-5-3-4-6-10/h10H,3-7H2,1-2H3,(H2,13,19). The molecule has 20 heavy (non-hydrogen) atoms. The van der Waals surface area contributed by atoms with E-state index >= 15 is 0 Å². The number of nitrogens with two attached hydrogens (primary N) is 1. The van der Waals surface area contributed by atoms with E-state index in [1.54, 1.807) is 13.8 Å². The lowest BCUT2D eigenvalue weighted by Crippen LogP contribution is -2.43. The van der Waals surface area contributed by atoms with Crippen LogP contribution in [0.25, 0.3) is 0 Å². The van der Waals surface area contributed by atoms with Gasteiger partial charge in [0.1, 0.15) is 10.6 Å². The maximum Gasteiger partial charge on any atom is 0.249 e. The Hall–Kier alpha value is -0.990. The first-order valence-corrected chi connectivity index (χ1v) is 8.42. The highest BCUT2D eigenvalue weighted by molar-refractivity contribution is 7.89. The lowest BCUT2D eigenvalue weighted by molar-refractivity contribution is 0.353. The van der Waals surface area contributed by atoms with Gasteiger partial charge in [0, 0.05) is 6.04 Å². The molecule has 1 fully saturated rings. The van der Waals surface area contributed by atoms with Gasteiger partial charge in [-0.1, -0.05) is 30.2 Å². The van der Waals surface area contributed by atoms with Crippen LogP contribution in [0.4, 0.5) is 0 Å². The molecule has 1 heterocycles. The molecule has 1 aliphatic rings. The molecule has 0 aromatic carbocycles. The van der Waals surface area contributed by atoms with Crippen LogP contribution in [0.5, 0.6) is 0 Å². The number of hydrogen-bond acceptors (Lipinski definition) is 5. The van der Waals surface area contributed by atoms with Gasteiger partial charge in [0.15, 0.2) is 5.76 Å². The van der Waals surface area contributed by atoms with Crippen molar-refractivity contribution in [1.82, 2.24) is 9.46 Å². The fourth-order valence-corrected chi connectivity index (χ4v) is 4.90. The Morgan fingerprint density at radius 1 is 1.45 bits per heavy atom. The molecule has 2 rings (SSSR count). The molecule has 112 valence electrons. The fourth-order valence-electron chi connectivity index (χ4n) is 2.72. The average Bonchev–Trinajstić information content (AvgIpc) is 2.96. The van der Waals surface area contributed by atoms with Crippen molar-refractivity contribution in [2.45, 2.75) is 50.5 Å². The molecule has 0 amide bonds. The van der Waals surface area contributed by atoms with Crippen LogP contribution in [0.15, 0.2) is 9.42 Å². The highest BCUT2D eigenvalue weighted by atomic mass is 32.2. The lowest BCUT2D eigenvalue weighted by atomic mass is 10.2. The zero-order valence-electron chi connectivity index (χ0n) is 11.6. The van der Waals surface area contributed by atoms with Crippen molar-refractivity contribution in [2.24, 2.45) is 5.73 Å². The summed E-state index contributed by atoms with van der Waals surface area (Å²) in [7, 11) is -3.69. The third-order valence-electron chi connectivity index (χ3n) is 3.58. The number of aryl methyl sites for hydroxylation is 2. The number of hydrogen-bond donors (Lipinski definition) is 1. The van der Waals surface area contributed by atoms with Gasteiger partial charge >= 0.3 is 0 Å². The van der Waals surface area contributed by atoms with Crippen molar-refractivity contribution >= 4 is 27.2 Å². The third-order valence-corrected chi connectivity index (χ3v) is 5.85. The van der Waals surface area contributed by atoms with Gasteiger partial charge in [-0.05, 0) is 26.7 Å². The topological polar surface area (TPSA) is 89.4 Å². The molecule has 1 aliphatic carbocycles. The van der Waals surface area contributed by atoms with Gasteiger partial charge < -0.3 is 10.3 Å². The van der Waals surface area contributed by atoms with E-state index in [0.29, 0.717) is 11.5 Å². The van der Waals surface area contributed by atoms with Gasteiger partial charge in [-0.25, -0.2) is 8.42 Å². The van der Waals surface area contributed by atoms with E-state index in [0.717, 1.165) is 25.7 Å². The van der Waals surface area contributed by atoms with Crippen LogP contribution >= 0.6 is 12.2 Å². The zero-order chi connectivity index (χ0) is 14.9. The maximum atomic E-state index is 12.9. The summed E-state index contributed by atoms with van der Waals surface area (Å²) in [6, 6.07) is -0.0461. The molecule has 0 bridgehead atoms. The molecular formula is C12H19N3O3S2. The van der Waals surface area contributed by atoms with Gasteiger partial charge in [-0.15, -0.1) is 0 Å². The molecule has 8 heteroatoms. The summed E-state index contributed by atoms with van der Waals surface area (Å²) < 4.78 is 32.1. The Bertz CT molecular complexity index is 584. The Balaban J connectivity index is 2.43. The second-order valence-corrected chi connectivity index (χ2v) is 7.46. The van der Waals surface area contributed by atoms with Crippen molar-refractivity contribution in [3.05, 3.63) is 11.5 Å². The quantitative estimate of drug-likeness (QED) is 0.828. The summed E-state index contributed by atoms with van der Waals surface area (Å²) in [5.74, 6) is 0.299. The fraction of sp³-hybridized carbons (Fsp3) is 0.667. The summed E-state index contributed by atoms with van der Waals surface area (Å²) in [6.07, 6.45) is 3.72. The molecule has 0 saturated heterocycles. The molecule has 0 unspecified atom stereocenters. The van der Waals surface area contributed by atoms with E-state index in [1.165, 1.54) is 4.31 Å². The Morgan fingerprint density at radius 3 is 2.50 bits per heavy atom. The first-order chi connectivity index (χ1) is 9.34.